The molecule has 4 N–H and O–H groups in total. The van der Waals surface area contributed by atoms with Gasteiger partial charge in [-0.2, -0.15) is 0 Å². The molecular formula is C24H29FN6O3. The molecule has 3 aromatic rings. The predicted molar refractivity (Wildman–Crippen MR) is 128 cm³/mol. The van der Waals surface area contributed by atoms with Crippen LogP contribution in [0.3, 0.4) is 0 Å². The van der Waals surface area contributed by atoms with E-state index in [0.29, 0.717) is 30.5 Å². The molecule has 0 saturated carbocycles. The first-order valence-electron chi connectivity index (χ1n) is 11.3. The number of alkyl halides is 1. The van der Waals surface area contributed by atoms with Gasteiger partial charge in [-0.1, -0.05) is 0 Å². The Bertz CT molecular complexity index is 1150. The van der Waals surface area contributed by atoms with Crippen molar-refractivity contribution in [3.05, 3.63) is 48.3 Å². The molecule has 0 spiro atoms. The average Bonchev–Trinajstić information content (AvgIpc) is 2.82. The highest BCUT2D eigenvalue weighted by Gasteiger charge is 2.27. The number of aromatic nitrogens is 3. The summed E-state index contributed by atoms with van der Waals surface area (Å²) in [4.78, 5) is 26.0. The van der Waals surface area contributed by atoms with Gasteiger partial charge in [-0.25, -0.2) is 14.4 Å². The van der Waals surface area contributed by atoms with Crippen molar-refractivity contribution in [1.82, 2.24) is 20.3 Å². The first-order valence-corrected chi connectivity index (χ1v) is 11.3. The number of hydrogen-bond acceptors (Lipinski definition) is 8. The van der Waals surface area contributed by atoms with Gasteiger partial charge in [-0.3, -0.25) is 9.78 Å². The molecule has 0 aromatic carbocycles. The van der Waals surface area contributed by atoms with Gasteiger partial charge in [0.05, 0.1) is 41.0 Å². The molecule has 1 saturated heterocycles. The van der Waals surface area contributed by atoms with Crippen molar-refractivity contribution < 1.29 is 19.0 Å². The quantitative estimate of drug-likeness (QED) is 0.398. The number of hydrogen-bond donors (Lipinski definition) is 4. The molecule has 0 radical (unpaired) electrons. The Kier molecular flexibility index (Phi) is 7.18. The molecule has 1 amide bonds. The van der Waals surface area contributed by atoms with Crippen molar-refractivity contribution in [2.75, 3.05) is 30.4 Å². The van der Waals surface area contributed by atoms with Crippen LogP contribution in [0.1, 0.15) is 37.0 Å². The number of rotatable bonds is 8. The fraction of sp³-hybridized carbons (Fsp3) is 0.417. The lowest BCUT2D eigenvalue weighted by Crippen LogP contribution is -2.42. The third kappa shape index (κ3) is 5.95. The smallest absolute Gasteiger partial charge is 0.255 e. The van der Waals surface area contributed by atoms with Crippen LogP contribution in [0, 0.1) is 0 Å². The second kappa shape index (κ2) is 10.3. The molecule has 10 heteroatoms. The molecule has 2 atom stereocenters. The third-order valence-electron chi connectivity index (χ3n) is 5.59. The Morgan fingerprint density at radius 1 is 1.26 bits per heavy atom. The minimum Gasteiger partial charge on any atom is -0.387 e. The van der Waals surface area contributed by atoms with E-state index >= 15 is 0 Å². The van der Waals surface area contributed by atoms with Gasteiger partial charge in [0.25, 0.3) is 5.91 Å². The van der Waals surface area contributed by atoms with Gasteiger partial charge < -0.3 is 25.8 Å². The summed E-state index contributed by atoms with van der Waals surface area (Å²) < 4.78 is 19.7. The molecule has 0 aliphatic carbocycles. The van der Waals surface area contributed by atoms with Crippen molar-refractivity contribution in [3.8, 4) is 0 Å². The van der Waals surface area contributed by atoms with Crippen LogP contribution in [0.25, 0.3) is 11.0 Å². The van der Waals surface area contributed by atoms with Gasteiger partial charge in [0.15, 0.2) is 0 Å². The van der Waals surface area contributed by atoms with Gasteiger partial charge in [-0.15, -0.1) is 0 Å². The van der Waals surface area contributed by atoms with Crippen molar-refractivity contribution in [1.29, 1.82) is 0 Å². The number of amides is 1. The SMILES string of the molecule is CC(C)(O)[C@H](F)CNC(=O)c1cnc(Nc2ccc3ncccc3n2)cc1NC1CCCOC1. The Morgan fingerprint density at radius 3 is 2.88 bits per heavy atom. The number of carbonyl (C=O) groups is 1. The molecule has 0 bridgehead atoms. The van der Waals surface area contributed by atoms with Crippen molar-refractivity contribution in [3.63, 3.8) is 0 Å². The second-order valence-corrected chi connectivity index (χ2v) is 8.87. The van der Waals surface area contributed by atoms with E-state index < -0.39 is 17.7 Å². The monoisotopic (exact) mass is 468 g/mol. The van der Waals surface area contributed by atoms with E-state index in [2.05, 4.69) is 30.9 Å². The molecule has 4 rings (SSSR count). The van der Waals surface area contributed by atoms with Crippen molar-refractivity contribution in [2.45, 2.75) is 44.5 Å². The number of aliphatic hydroxyl groups is 1. The lowest BCUT2D eigenvalue weighted by molar-refractivity contribution is -0.00177. The van der Waals surface area contributed by atoms with Crippen molar-refractivity contribution >= 4 is 34.3 Å². The summed E-state index contributed by atoms with van der Waals surface area (Å²) in [6.45, 7) is 3.64. The van der Waals surface area contributed by atoms with E-state index in [-0.39, 0.29) is 18.2 Å². The molecule has 34 heavy (non-hydrogen) atoms. The summed E-state index contributed by atoms with van der Waals surface area (Å²) in [5.74, 6) is 0.592. The van der Waals surface area contributed by atoms with Crippen LogP contribution in [-0.4, -0.2) is 63.5 Å². The summed E-state index contributed by atoms with van der Waals surface area (Å²) in [7, 11) is 0. The Labute approximate surface area is 197 Å². The number of nitrogens with one attached hydrogen (secondary N) is 3. The van der Waals surface area contributed by atoms with E-state index in [4.69, 9.17) is 4.74 Å². The summed E-state index contributed by atoms with van der Waals surface area (Å²) in [6, 6.07) is 9.11. The summed E-state index contributed by atoms with van der Waals surface area (Å²) in [5, 5.41) is 18.9. The summed E-state index contributed by atoms with van der Waals surface area (Å²) in [5.41, 5.74) is 0.794. The second-order valence-electron chi connectivity index (χ2n) is 8.87. The lowest BCUT2D eigenvalue weighted by Gasteiger charge is -2.26. The molecule has 1 unspecified atom stereocenters. The number of nitrogens with zero attached hydrogens (tertiary/aromatic N) is 3. The van der Waals surface area contributed by atoms with E-state index in [1.54, 1.807) is 18.3 Å². The van der Waals surface area contributed by atoms with E-state index in [1.807, 2.05) is 18.2 Å². The van der Waals surface area contributed by atoms with E-state index in [0.717, 1.165) is 23.9 Å². The van der Waals surface area contributed by atoms with Crippen LogP contribution in [0.5, 0.6) is 0 Å². The number of pyridine rings is 3. The molecule has 4 heterocycles. The average molecular weight is 469 g/mol. The van der Waals surface area contributed by atoms with Gasteiger partial charge in [0.2, 0.25) is 0 Å². The van der Waals surface area contributed by atoms with Gasteiger partial charge in [-0.05, 0) is 51.0 Å². The van der Waals surface area contributed by atoms with Crippen molar-refractivity contribution in [2.24, 2.45) is 0 Å². The summed E-state index contributed by atoms with van der Waals surface area (Å²) in [6.07, 6.45) is 3.35. The highest BCUT2D eigenvalue weighted by atomic mass is 19.1. The summed E-state index contributed by atoms with van der Waals surface area (Å²) >= 11 is 0. The van der Waals surface area contributed by atoms with Crippen LogP contribution in [-0.2, 0) is 4.74 Å². The largest absolute Gasteiger partial charge is 0.387 e. The Morgan fingerprint density at radius 2 is 2.12 bits per heavy atom. The molecule has 3 aromatic heterocycles. The normalized spacial score (nSPS) is 17.2. The van der Waals surface area contributed by atoms with Gasteiger partial charge in [0.1, 0.15) is 17.8 Å². The fourth-order valence-corrected chi connectivity index (χ4v) is 3.58. The van der Waals surface area contributed by atoms with Gasteiger partial charge in [0, 0.05) is 31.1 Å². The fourth-order valence-electron chi connectivity index (χ4n) is 3.58. The van der Waals surface area contributed by atoms with Crippen LogP contribution < -0.4 is 16.0 Å². The lowest BCUT2D eigenvalue weighted by atomic mass is 10.0. The molecule has 9 nitrogen and oxygen atoms in total. The van der Waals surface area contributed by atoms with Crippen LogP contribution >= 0.6 is 0 Å². The number of fused-ring (bicyclic) bond motifs is 1. The topological polar surface area (TPSA) is 121 Å². The zero-order chi connectivity index (χ0) is 24.1. The Balaban J connectivity index is 1.55. The minimum absolute atomic E-state index is 0.0331. The van der Waals surface area contributed by atoms with Crippen LogP contribution in [0.2, 0.25) is 0 Å². The van der Waals surface area contributed by atoms with Gasteiger partial charge >= 0.3 is 0 Å². The number of halogens is 1. The molecule has 180 valence electrons. The molecule has 1 aliphatic heterocycles. The first-order chi connectivity index (χ1) is 16.3. The number of ether oxygens (including phenoxy) is 1. The third-order valence-corrected chi connectivity index (χ3v) is 5.59. The minimum atomic E-state index is -1.61. The molecule has 1 aliphatic rings. The highest BCUT2D eigenvalue weighted by Crippen LogP contribution is 2.24. The van der Waals surface area contributed by atoms with E-state index in [1.165, 1.54) is 20.0 Å². The standard InChI is InChI=1S/C24H29FN6O3/c1-24(2,33)20(25)13-28-23(32)16-12-27-22(11-19(16)29-15-5-4-10-34-14-15)31-21-8-7-17-18(30-21)6-3-9-26-17/h3,6-9,11-12,15,20,33H,4-5,10,13-14H2,1-2H3,(H,28,32)(H2,27,29,30,31)/t15?,20-/m1/s1. The number of carbonyl (C=O) groups excluding carboxylic acids is 1. The van der Waals surface area contributed by atoms with Crippen LogP contribution in [0.15, 0.2) is 42.7 Å². The zero-order valence-electron chi connectivity index (χ0n) is 19.2. The highest BCUT2D eigenvalue weighted by molar-refractivity contribution is 6.00. The first kappa shape index (κ1) is 23.8. The van der Waals surface area contributed by atoms with E-state index in [9.17, 15) is 14.3 Å². The molecular weight excluding hydrogens is 439 g/mol. The Hall–Kier alpha value is -3.37. The maximum absolute atomic E-state index is 14.1. The van der Waals surface area contributed by atoms with Crippen LogP contribution in [0.4, 0.5) is 21.7 Å². The molecule has 1 fully saturated rings. The maximum atomic E-state index is 14.1. The maximum Gasteiger partial charge on any atom is 0.255 e. The number of anilines is 3. The zero-order valence-corrected chi connectivity index (χ0v) is 19.2. The predicted octanol–water partition coefficient (Wildman–Crippen LogP) is 3.20.